The number of aromatic nitrogens is 2. The maximum atomic E-state index is 11.7. The zero-order chi connectivity index (χ0) is 13.1. The van der Waals surface area contributed by atoms with Gasteiger partial charge >= 0.3 is 5.69 Å². The van der Waals surface area contributed by atoms with Crippen molar-refractivity contribution >= 4 is 22.0 Å². The van der Waals surface area contributed by atoms with Crippen molar-refractivity contribution in [2.45, 2.75) is 12.5 Å². The van der Waals surface area contributed by atoms with E-state index in [1.165, 1.54) is 21.8 Å². The van der Waals surface area contributed by atoms with Crippen molar-refractivity contribution < 1.29 is 14.6 Å². The molecule has 0 saturated carbocycles. The number of rotatable bonds is 3. The van der Waals surface area contributed by atoms with Crippen molar-refractivity contribution in [3.05, 3.63) is 37.6 Å². The number of H-pyrrole nitrogens is 1. The number of halogens is 1. The quantitative estimate of drug-likeness (QED) is 0.802. The van der Waals surface area contributed by atoms with Gasteiger partial charge in [0.1, 0.15) is 0 Å². The molecule has 2 heterocycles. The van der Waals surface area contributed by atoms with Crippen molar-refractivity contribution in [1.29, 1.82) is 0 Å². The fourth-order valence-corrected chi connectivity index (χ4v) is 1.87. The van der Waals surface area contributed by atoms with Crippen LogP contribution in [0.1, 0.15) is 11.8 Å². The third kappa shape index (κ3) is 2.61. The molecule has 2 rings (SSSR count). The van der Waals surface area contributed by atoms with Gasteiger partial charge in [-0.1, -0.05) is 15.9 Å². The molecule has 2 N–H and O–H groups in total. The second kappa shape index (κ2) is 5.61. The van der Waals surface area contributed by atoms with E-state index < -0.39 is 23.8 Å². The van der Waals surface area contributed by atoms with Crippen LogP contribution in [0.25, 0.3) is 6.08 Å². The highest BCUT2D eigenvalue weighted by molar-refractivity contribution is 9.11. The van der Waals surface area contributed by atoms with Gasteiger partial charge < -0.3 is 14.6 Å². The lowest BCUT2D eigenvalue weighted by Crippen LogP contribution is -2.34. The molecule has 0 spiro atoms. The highest BCUT2D eigenvalue weighted by atomic mass is 79.9. The molecule has 18 heavy (non-hydrogen) atoms. The van der Waals surface area contributed by atoms with Crippen molar-refractivity contribution in [1.82, 2.24) is 9.55 Å². The fraction of sp³-hybridized carbons (Fsp3) is 0.400. The number of aliphatic hydroxyl groups is 1. The maximum absolute atomic E-state index is 11.7. The molecule has 1 aromatic rings. The molecule has 1 saturated heterocycles. The molecule has 0 unspecified atom stereocenters. The Morgan fingerprint density at radius 1 is 1.61 bits per heavy atom. The smallest absolute Gasteiger partial charge is 0.330 e. The molecular weight excluding hydrogens is 308 g/mol. The Morgan fingerprint density at radius 2 is 2.39 bits per heavy atom. The molecule has 1 aromatic heterocycles. The number of hydrogen-bond donors (Lipinski definition) is 2. The molecule has 0 amide bonds. The van der Waals surface area contributed by atoms with E-state index in [9.17, 15) is 9.59 Å². The lowest BCUT2D eigenvalue weighted by atomic mass is 10.3. The van der Waals surface area contributed by atoms with Crippen molar-refractivity contribution in [2.75, 3.05) is 13.2 Å². The molecule has 98 valence electrons. The van der Waals surface area contributed by atoms with Crippen molar-refractivity contribution in [3.63, 3.8) is 0 Å². The van der Waals surface area contributed by atoms with Gasteiger partial charge in [0.2, 0.25) is 0 Å². The van der Waals surface area contributed by atoms with E-state index in [4.69, 9.17) is 14.6 Å². The van der Waals surface area contributed by atoms with Crippen LogP contribution in [0, 0.1) is 0 Å². The summed E-state index contributed by atoms with van der Waals surface area (Å²) in [6.45, 7) is -0.155. The lowest BCUT2D eigenvalue weighted by molar-refractivity contribution is -0.0993. The summed E-state index contributed by atoms with van der Waals surface area (Å²) < 4.78 is 11.6. The van der Waals surface area contributed by atoms with Crippen LogP contribution >= 0.6 is 15.9 Å². The van der Waals surface area contributed by atoms with Crippen molar-refractivity contribution in [2.24, 2.45) is 0 Å². The van der Waals surface area contributed by atoms with E-state index in [1.54, 1.807) is 0 Å². The summed E-state index contributed by atoms with van der Waals surface area (Å²) in [5, 5.41) is 8.87. The summed E-state index contributed by atoms with van der Waals surface area (Å²) in [6.07, 6.45) is 1.49. The molecule has 1 aliphatic heterocycles. The highest BCUT2D eigenvalue weighted by Gasteiger charge is 2.27. The van der Waals surface area contributed by atoms with E-state index >= 15 is 0 Å². The van der Waals surface area contributed by atoms with E-state index in [2.05, 4.69) is 20.9 Å². The Hall–Kier alpha value is -1.22. The first kappa shape index (κ1) is 13.2. The maximum Gasteiger partial charge on any atom is 0.330 e. The summed E-state index contributed by atoms with van der Waals surface area (Å²) in [5.41, 5.74) is -0.758. The zero-order valence-corrected chi connectivity index (χ0v) is 10.8. The average molecular weight is 319 g/mol. The number of hydrogen-bond acceptors (Lipinski definition) is 5. The summed E-state index contributed by atoms with van der Waals surface area (Å²) in [4.78, 5) is 26.8. The Balaban J connectivity index is 2.36. The van der Waals surface area contributed by atoms with Crippen LogP contribution in [-0.2, 0) is 9.47 Å². The molecule has 0 bridgehead atoms. The van der Waals surface area contributed by atoms with Crippen LogP contribution in [0.3, 0.4) is 0 Å². The van der Waals surface area contributed by atoms with Crippen LogP contribution in [0.5, 0.6) is 0 Å². The molecule has 0 radical (unpaired) electrons. The zero-order valence-electron chi connectivity index (χ0n) is 9.21. The minimum Gasteiger partial charge on any atom is -0.391 e. The van der Waals surface area contributed by atoms with Crippen molar-refractivity contribution in [3.8, 4) is 0 Å². The summed E-state index contributed by atoms with van der Waals surface area (Å²) in [6, 6.07) is 0. The van der Waals surface area contributed by atoms with Gasteiger partial charge in [0.25, 0.3) is 5.56 Å². The van der Waals surface area contributed by atoms with E-state index in [-0.39, 0.29) is 13.2 Å². The average Bonchev–Trinajstić information content (AvgIpc) is 2.81. The van der Waals surface area contributed by atoms with E-state index in [0.29, 0.717) is 5.56 Å². The lowest BCUT2D eigenvalue weighted by Gasteiger charge is -2.12. The summed E-state index contributed by atoms with van der Waals surface area (Å²) in [5.74, 6) is 0. The Kier molecular flexibility index (Phi) is 4.12. The topological polar surface area (TPSA) is 93.6 Å². The van der Waals surface area contributed by atoms with Crippen LogP contribution < -0.4 is 11.2 Å². The Bertz CT molecular complexity index is 564. The second-order valence-corrected chi connectivity index (χ2v) is 4.11. The Labute approximate surface area is 110 Å². The second-order valence-electron chi connectivity index (χ2n) is 3.58. The van der Waals surface area contributed by atoms with E-state index in [0.717, 1.165) is 0 Å². The summed E-state index contributed by atoms with van der Waals surface area (Å²) in [7, 11) is 0. The number of aliphatic hydroxyl groups excluding tert-OH is 1. The van der Waals surface area contributed by atoms with Gasteiger partial charge in [-0.3, -0.25) is 14.3 Å². The van der Waals surface area contributed by atoms with Gasteiger partial charge in [-0.15, -0.1) is 0 Å². The minimum absolute atomic E-state index is 0.134. The number of ether oxygens (including phenoxy) is 2. The van der Waals surface area contributed by atoms with Gasteiger partial charge in [0.15, 0.2) is 12.5 Å². The van der Waals surface area contributed by atoms with Crippen LogP contribution in [0.15, 0.2) is 20.8 Å². The Morgan fingerprint density at radius 3 is 3.00 bits per heavy atom. The van der Waals surface area contributed by atoms with E-state index in [1.807, 2.05) is 0 Å². The number of aromatic amines is 1. The molecule has 2 atom stereocenters. The normalized spacial score (nSPS) is 23.9. The molecule has 1 aliphatic rings. The molecule has 0 aromatic carbocycles. The number of nitrogens with zero attached hydrogens (tertiary/aromatic N) is 1. The molecule has 1 fully saturated rings. The first-order valence-corrected chi connectivity index (χ1v) is 6.07. The highest BCUT2D eigenvalue weighted by Crippen LogP contribution is 2.18. The monoisotopic (exact) mass is 318 g/mol. The summed E-state index contributed by atoms with van der Waals surface area (Å²) >= 11 is 3.06. The predicted octanol–water partition coefficient (Wildman–Crippen LogP) is -0.234. The van der Waals surface area contributed by atoms with Gasteiger partial charge in [0.05, 0.1) is 18.8 Å². The third-order valence-electron chi connectivity index (χ3n) is 2.43. The van der Waals surface area contributed by atoms with Gasteiger partial charge in [0, 0.05) is 6.20 Å². The SMILES string of the molecule is O=c1[nH]c(=O)n([C@@H]2CO[C@@H](CO)O2)cc1/C=C/Br. The largest absolute Gasteiger partial charge is 0.391 e. The standard InChI is InChI=1S/C10H11BrN2O5/c11-2-1-6-3-13(10(16)12-9(6)15)7-5-17-8(4-14)18-7/h1-3,7-8,14H,4-5H2,(H,12,15,16)/b2-1+/t7-,8+/m0/s1. The first-order valence-electron chi connectivity index (χ1n) is 5.16. The van der Waals surface area contributed by atoms with Crippen LogP contribution in [0.2, 0.25) is 0 Å². The van der Waals surface area contributed by atoms with Gasteiger partial charge in [-0.2, -0.15) is 0 Å². The molecule has 0 aliphatic carbocycles. The third-order valence-corrected chi connectivity index (χ3v) is 2.70. The van der Waals surface area contributed by atoms with Gasteiger partial charge in [-0.05, 0) is 11.1 Å². The van der Waals surface area contributed by atoms with Crippen LogP contribution in [-0.4, -0.2) is 34.2 Å². The first-order chi connectivity index (χ1) is 8.65. The fourth-order valence-electron chi connectivity index (χ4n) is 1.59. The predicted molar refractivity (Wildman–Crippen MR) is 66.2 cm³/mol. The minimum atomic E-state index is -0.746. The van der Waals surface area contributed by atoms with Gasteiger partial charge in [-0.25, -0.2) is 4.79 Å². The number of nitrogens with one attached hydrogen (secondary N) is 1. The molecular formula is C10H11BrN2O5. The van der Waals surface area contributed by atoms with Crippen LogP contribution in [0.4, 0.5) is 0 Å². The molecule has 7 nitrogen and oxygen atoms in total. The molecule has 8 heteroatoms.